The van der Waals surface area contributed by atoms with Crippen LogP contribution in [0.3, 0.4) is 0 Å². The summed E-state index contributed by atoms with van der Waals surface area (Å²) in [6.07, 6.45) is 1.84. The second-order valence-electron chi connectivity index (χ2n) is 3.13. The molecule has 2 heterocycles. The Morgan fingerprint density at radius 1 is 1.75 bits per heavy atom. The molecule has 0 amide bonds. The summed E-state index contributed by atoms with van der Waals surface area (Å²) in [6.45, 7) is 1.24. The van der Waals surface area contributed by atoms with Gasteiger partial charge >= 0.3 is 0 Å². The molecule has 1 N–H and O–H groups in total. The van der Waals surface area contributed by atoms with E-state index in [9.17, 15) is 4.39 Å². The number of rotatable bonds is 0. The molecule has 0 spiro atoms. The van der Waals surface area contributed by atoms with Crippen LogP contribution in [0.25, 0.3) is 0 Å². The summed E-state index contributed by atoms with van der Waals surface area (Å²) in [4.78, 5) is 0. The van der Waals surface area contributed by atoms with Crippen LogP contribution >= 0.6 is 0 Å². The van der Waals surface area contributed by atoms with Gasteiger partial charge in [-0.05, 0) is 18.5 Å². The lowest BCUT2D eigenvalue weighted by molar-refractivity contribution is 0.325. The molecule has 0 aromatic carbocycles. The van der Waals surface area contributed by atoms with E-state index in [1.165, 1.54) is 0 Å². The number of halogens is 1. The molecule has 3 nitrogen and oxygen atoms in total. The second-order valence-corrected chi connectivity index (χ2v) is 3.13. The van der Waals surface area contributed by atoms with Gasteiger partial charge in [0.05, 0.1) is 0 Å². The van der Waals surface area contributed by atoms with Crippen molar-refractivity contribution < 1.29 is 4.39 Å². The van der Waals surface area contributed by atoms with Crippen molar-refractivity contribution in [2.45, 2.75) is 12.6 Å². The number of fused-ring (bicyclic) bond motifs is 1. The first-order valence-electron chi connectivity index (χ1n) is 4.14. The van der Waals surface area contributed by atoms with Gasteiger partial charge in [0.2, 0.25) is 0 Å². The van der Waals surface area contributed by atoms with Crippen LogP contribution in [-0.4, -0.2) is 22.9 Å². The monoisotopic (exact) mass is 169 g/mol. The van der Waals surface area contributed by atoms with Gasteiger partial charge in [-0.1, -0.05) is 0 Å². The Morgan fingerprint density at radius 2 is 2.58 bits per heavy atom. The highest BCUT2D eigenvalue weighted by Crippen LogP contribution is 2.21. The van der Waals surface area contributed by atoms with Crippen LogP contribution in [0.4, 0.5) is 4.39 Å². The van der Waals surface area contributed by atoms with Crippen molar-refractivity contribution in [1.82, 2.24) is 15.1 Å². The molecule has 66 valence electrons. The molecule has 0 saturated heterocycles. The van der Waals surface area contributed by atoms with E-state index in [1.54, 1.807) is 4.68 Å². The predicted octanol–water partition coefficient (Wildman–Crippen LogP) is 0.576. The summed E-state index contributed by atoms with van der Waals surface area (Å²) in [5.74, 6) is 0. The van der Waals surface area contributed by atoms with Crippen molar-refractivity contribution in [3.8, 4) is 0 Å². The second kappa shape index (κ2) is 2.86. The third kappa shape index (κ3) is 1.22. The minimum absolute atomic E-state index is 0.393. The summed E-state index contributed by atoms with van der Waals surface area (Å²) in [7, 11) is 1.83. The van der Waals surface area contributed by atoms with Gasteiger partial charge in [-0.25, -0.2) is 4.39 Å². The summed E-state index contributed by atoms with van der Waals surface area (Å²) in [5.41, 5.74) is 1.65. The zero-order valence-corrected chi connectivity index (χ0v) is 7.05. The van der Waals surface area contributed by atoms with E-state index < -0.39 is 6.17 Å². The maximum absolute atomic E-state index is 13.3. The van der Waals surface area contributed by atoms with Crippen LogP contribution in [-0.2, 0) is 13.5 Å². The quantitative estimate of drug-likeness (QED) is 0.615. The molecular weight excluding hydrogens is 157 g/mol. The zero-order valence-electron chi connectivity index (χ0n) is 7.05. The standard InChI is InChI=1S/C8H12FN3/c1-12-5-6-2-3-10-4-7(9)8(6)11-12/h5,7,10H,2-4H2,1H3. The third-order valence-electron chi connectivity index (χ3n) is 2.13. The smallest absolute Gasteiger partial charge is 0.156 e. The van der Waals surface area contributed by atoms with E-state index in [0.717, 1.165) is 18.5 Å². The normalized spacial score (nSPS) is 23.3. The Kier molecular flexibility index (Phi) is 1.84. The highest BCUT2D eigenvalue weighted by Gasteiger charge is 2.20. The first-order chi connectivity index (χ1) is 5.77. The molecule has 1 aromatic heterocycles. The number of hydrogen-bond donors (Lipinski definition) is 1. The fourth-order valence-corrected chi connectivity index (χ4v) is 1.56. The van der Waals surface area contributed by atoms with Gasteiger partial charge in [0.1, 0.15) is 5.69 Å². The molecule has 0 aliphatic carbocycles. The average molecular weight is 169 g/mol. The number of hydrogen-bond acceptors (Lipinski definition) is 2. The lowest BCUT2D eigenvalue weighted by Crippen LogP contribution is -2.18. The zero-order chi connectivity index (χ0) is 8.55. The van der Waals surface area contributed by atoms with Crippen LogP contribution in [0.15, 0.2) is 6.20 Å². The molecule has 4 heteroatoms. The highest BCUT2D eigenvalue weighted by atomic mass is 19.1. The molecule has 1 atom stereocenters. The van der Waals surface area contributed by atoms with Gasteiger partial charge < -0.3 is 5.32 Å². The van der Waals surface area contributed by atoms with E-state index in [1.807, 2.05) is 13.2 Å². The number of alkyl halides is 1. The van der Waals surface area contributed by atoms with Gasteiger partial charge in [-0.3, -0.25) is 4.68 Å². The predicted molar refractivity (Wildman–Crippen MR) is 43.6 cm³/mol. The first kappa shape index (κ1) is 7.73. The molecule has 1 aliphatic rings. The number of nitrogens with zero attached hydrogens (tertiary/aromatic N) is 2. The van der Waals surface area contributed by atoms with E-state index in [-0.39, 0.29) is 0 Å². The Labute approximate surface area is 70.6 Å². The van der Waals surface area contributed by atoms with Gasteiger partial charge in [0.15, 0.2) is 6.17 Å². The highest BCUT2D eigenvalue weighted by molar-refractivity contribution is 5.21. The molecule has 1 aliphatic heterocycles. The minimum Gasteiger partial charge on any atom is -0.313 e. The molecule has 0 saturated carbocycles. The fourth-order valence-electron chi connectivity index (χ4n) is 1.56. The van der Waals surface area contributed by atoms with Crippen molar-refractivity contribution in [2.75, 3.05) is 13.1 Å². The molecular formula is C8H12FN3. The van der Waals surface area contributed by atoms with Crippen molar-refractivity contribution >= 4 is 0 Å². The van der Waals surface area contributed by atoms with Gasteiger partial charge in [-0.15, -0.1) is 0 Å². The SMILES string of the molecule is Cn1cc2c(n1)C(F)CNCC2. The number of aromatic nitrogens is 2. The van der Waals surface area contributed by atoms with Gasteiger partial charge in [0.25, 0.3) is 0 Å². The average Bonchev–Trinajstić information content (AvgIpc) is 2.33. The molecule has 1 unspecified atom stereocenters. The molecule has 0 bridgehead atoms. The topological polar surface area (TPSA) is 29.9 Å². The Morgan fingerprint density at radius 3 is 3.42 bits per heavy atom. The lowest BCUT2D eigenvalue weighted by atomic mass is 10.1. The van der Waals surface area contributed by atoms with Crippen LogP contribution in [0.1, 0.15) is 17.4 Å². The van der Waals surface area contributed by atoms with Crippen LogP contribution in [0.2, 0.25) is 0 Å². The van der Waals surface area contributed by atoms with E-state index >= 15 is 0 Å². The van der Waals surface area contributed by atoms with Crippen molar-refractivity contribution in [2.24, 2.45) is 7.05 Å². The van der Waals surface area contributed by atoms with Gasteiger partial charge in [0, 0.05) is 19.8 Å². The fraction of sp³-hybridized carbons (Fsp3) is 0.625. The molecule has 2 rings (SSSR count). The van der Waals surface area contributed by atoms with Crippen molar-refractivity contribution in [3.63, 3.8) is 0 Å². The van der Waals surface area contributed by atoms with E-state index in [2.05, 4.69) is 10.4 Å². The van der Waals surface area contributed by atoms with Crippen molar-refractivity contribution in [3.05, 3.63) is 17.5 Å². The molecule has 0 fully saturated rings. The molecule has 1 aromatic rings. The Balaban J connectivity index is 2.38. The molecule has 0 radical (unpaired) electrons. The largest absolute Gasteiger partial charge is 0.313 e. The number of aryl methyl sites for hydroxylation is 1. The van der Waals surface area contributed by atoms with Crippen molar-refractivity contribution in [1.29, 1.82) is 0 Å². The summed E-state index contributed by atoms with van der Waals surface area (Å²) in [5, 5.41) is 7.12. The van der Waals surface area contributed by atoms with E-state index in [4.69, 9.17) is 0 Å². The maximum atomic E-state index is 13.3. The molecule has 12 heavy (non-hydrogen) atoms. The number of nitrogens with one attached hydrogen (secondary N) is 1. The summed E-state index contributed by atoms with van der Waals surface area (Å²) in [6, 6.07) is 0. The minimum atomic E-state index is -0.941. The first-order valence-corrected chi connectivity index (χ1v) is 4.14. The van der Waals surface area contributed by atoms with E-state index in [0.29, 0.717) is 12.2 Å². The van der Waals surface area contributed by atoms with Crippen LogP contribution < -0.4 is 5.32 Å². The Hall–Kier alpha value is -0.900. The van der Waals surface area contributed by atoms with Crippen LogP contribution in [0, 0.1) is 0 Å². The third-order valence-corrected chi connectivity index (χ3v) is 2.13. The van der Waals surface area contributed by atoms with Gasteiger partial charge in [-0.2, -0.15) is 5.10 Å². The van der Waals surface area contributed by atoms with Crippen LogP contribution in [0.5, 0.6) is 0 Å². The summed E-state index contributed by atoms with van der Waals surface area (Å²) < 4.78 is 15.0. The lowest BCUT2D eigenvalue weighted by Gasteiger charge is -2.01. The Bertz CT molecular complexity index is 282. The summed E-state index contributed by atoms with van der Waals surface area (Å²) >= 11 is 0. The maximum Gasteiger partial charge on any atom is 0.156 e.